The van der Waals surface area contributed by atoms with Gasteiger partial charge in [-0.05, 0) is 46.7 Å². The third kappa shape index (κ3) is 3.91. The number of hydrogen-bond acceptors (Lipinski definition) is 3. The molecular weight excluding hydrogens is 347 g/mol. The number of nitrogens with one attached hydrogen (secondary N) is 1. The zero-order valence-electron chi connectivity index (χ0n) is 10.8. The topological polar surface area (TPSA) is 34.2 Å². The number of benzene rings is 1. The number of pyridine rings is 1. The molecule has 3 nitrogen and oxygen atoms in total. The molecule has 0 spiro atoms. The summed E-state index contributed by atoms with van der Waals surface area (Å²) in [6.45, 7) is 3.48. The summed E-state index contributed by atoms with van der Waals surface area (Å²) in [5, 5.41) is 3.42. The molecule has 0 bridgehead atoms. The molecule has 0 atom stereocenters. The van der Waals surface area contributed by atoms with E-state index in [-0.39, 0.29) is 5.02 Å². The van der Waals surface area contributed by atoms with Gasteiger partial charge in [0.2, 0.25) is 5.88 Å². The first kappa shape index (κ1) is 15.2. The molecule has 106 valence electrons. The molecule has 2 aromatic rings. The molecule has 20 heavy (non-hydrogen) atoms. The van der Waals surface area contributed by atoms with Crippen LogP contribution in [-0.4, -0.2) is 11.5 Å². The fourth-order valence-electron chi connectivity index (χ4n) is 1.61. The second kappa shape index (κ2) is 7.02. The Morgan fingerprint density at radius 3 is 2.90 bits per heavy atom. The summed E-state index contributed by atoms with van der Waals surface area (Å²) in [6, 6.07) is 5.91. The molecule has 1 aromatic carbocycles. The van der Waals surface area contributed by atoms with E-state index in [0.717, 1.165) is 16.6 Å². The van der Waals surface area contributed by atoms with Crippen molar-refractivity contribution in [2.45, 2.75) is 13.5 Å². The highest BCUT2D eigenvalue weighted by Gasteiger charge is 2.10. The minimum Gasteiger partial charge on any atom is -0.437 e. The molecule has 0 radical (unpaired) electrons. The lowest BCUT2D eigenvalue weighted by atomic mass is 10.2. The highest BCUT2D eigenvalue weighted by molar-refractivity contribution is 9.10. The van der Waals surface area contributed by atoms with Crippen molar-refractivity contribution < 1.29 is 9.13 Å². The zero-order valence-corrected chi connectivity index (χ0v) is 13.1. The Morgan fingerprint density at radius 2 is 2.20 bits per heavy atom. The predicted octanol–water partition coefficient (Wildman–Crippen LogP) is 4.54. The van der Waals surface area contributed by atoms with E-state index in [1.807, 2.05) is 13.0 Å². The van der Waals surface area contributed by atoms with Crippen LogP contribution in [0.2, 0.25) is 5.02 Å². The van der Waals surface area contributed by atoms with Crippen LogP contribution < -0.4 is 10.1 Å². The molecule has 0 amide bonds. The summed E-state index contributed by atoms with van der Waals surface area (Å²) < 4.78 is 19.6. The number of nitrogens with zero attached hydrogens (tertiary/aromatic N) is 1. The average Bonchev–Trinajstić information content (AvgIpc) is 2.41. The van der Waals surface area contributed by atoms with Gasteiger partial charge in [-0.1, -0.05) is 18.5 Å². The number of halogens is 3. The van der Waals surface area contributed by atoms with Gasteiger partial charge in [0, 0.05) is 22.8 Å². The third-order valence-electron chi connectivity index (χ3n) is 2.56. The fraction of sp³-hybridized carbons (Fsp3) is 0.214. The first-order chi connectivity index (χ1) is 9.60. The summed E-state index contributed by atoms with van der Waals surface area (Å²) in [5.74, 6) is 0.419. The third-order valence-corrected chi connectivity index (χ3v) is 3.29. The SMILES string of the molecule is CCNCc1cc(Br)cnc1Oc1ccc(F)cc1Cl. The minimum absolute atomic E-state index is 0.212. The van der Waals surface area contributed by atoms with Gasteiger partial charge in [-0.25, -0.2) is 9.37 Å². The number of ether oxygens (including phenoxy) is 1. The molecule has 0 aliphatic carbocycles. The molecule has 0 fully saturated rings. The van der Waals surface area contributed by atoms with Crippen molar-refractivity contribution in [3.63, 3.8) is 0 Å². The smallest absolute Gasteiger partial charge is 0.223 e. The Balaban J connectivity index is 2.27. The molecule has 0 saturated carbocycles. The second-order valence-corrected chi connectivity index (χ2v) is 5.40. The molecule has 2 rings (SSSR count). The normalized spacial score (nSPS) is 10.6. The summed E-state index contributed by atoms with van der Waals surface area (Å²) in [7, 11) is 0. The maximum atomic E-state index is 13.0. The molecular formula is C14H13BrClFN2O. The molecule has 0 aliphatic rings. The first-order valence-electron chi connectivity index (χ1n) is 6.08. The van der Waals surface area contributed by atoms with Gasteiger partial charge < -0.3 is 10.1 Å². The van der Waals surface area contributed by atoms with E-state index in [1.165, 1.54) is 18.2 Å². The molecule has 0 aliphatic heterocycles. The van der Waals surface area contributed by atoms with Gasteiger partial charge in [0.25, 0.3) is 0 Å². The van der Waals surface area contributed by atoms with Crippen molar-refractivity contribution in [1.82, 2.24) is 10.3 Å². The lowest BCUT2D eigenvalue weighted by Crippen LogP contribution is -2.13. The van der Waals surface area contributed by atoms with Crippen LogP contribution in [-0.2, 0) is 6.54 Å². The standard InChI is InChI=1S/C14H13BrClFN2O/c1-2-18-7-9-5-10(15)8-19-14(9)20-13-4-3-11(17)6-12(13)16/h3-6,8,18H,2,7H2,1H3. The van der Waals surface area contributed by atoms with Crippen molar-refractivity contribution >= 4 is 27.5 Å². The summed E-state index contributed by atoms with van der Waals surface area (Å²) >= 11 is 9.33. The number of aromatic nitrogens is 1. The van der Waals surface area contributed by atoms with Crippen molar-refractivity contribution in [3.05, 3.63) is 51.3 Å². The van der Waals surface area contributed by atoms with Gasteiger partial charge in [-0.15, -0.1) is 0 Å². The summed E-state index contributed by atoms with van der Waals surface area (Å²) in [4.78, 5) is 4.23. The van der Waals surface area contributed by atoms with E-state index in [9.17, 15) is 4.39 Å². The Kier molecular flexibility index (Phi) is 5.34. The molecule has 6 heteroatoms. The van der Waals surface area contributed by atoms with E-state index in [4.69, 9.17) is 16.3 Å². The van der Waals surface area contributed by atoms with Crippen LogP contribution in [0.15, 0.2) is 34.9 Å². The Bertz CT molecular complexity index is 610. The van der Waals surface area contributed by atoms with Crippen molar-refractivity contribution in [2.24, 2.45) is 0 Å². The number of hydrogen-bond donors (Lipinski definition) is 1. The summed E-state index contributed by atoms with van der Waals surface area (Å²) in [5.41, 5.74) is 0.890. The monoisotopic (exact) mass is 358 g/mol. The van der Waals surface area contributed by atoms with Gasteiger partial charge in [-0.3, -0.25) is 0 Å². The van der Waals surface area contributed by atoms with Crippen molar-refractivity contribution in [1.29, 1.82) is 0 Å². The average molecular weight is 360 g/mol. The molecule has 1 N–H and O–H groups in total. The van der Waals surface area contributed by atoms with Crippen molar-refractivity contribution in [3.8, 4) is 11.6 Å². The fourth-order valence-corrected chi connectivity index (χ4v) is 2.19. The maximum Gasteiger partial charge on any atom is 0.223 e. The molecule has 1 heterocycles. The van der Waals surface area contributed by atoms with Crippen LogP contribution in [0.3, 0.4) is 0 Å². The Hall–Kier alpha value is -1.17. The van der Waals surface area contributed by atoms with Crippen LogP contribution in [0, 0.1) is 5.82 Å². The molecule has 0 saturated heterocycles. The van der Waals surface area contributed by atoms with Crippen LogP contribution >= 0.6 is 27.5 Å². The van der Waals surface area contributed by atoms with E-state index in [2.05, 4.69) is 26.2 Å². The first-order valence-corrected chi connectivity index (χ1v) is 7.25. The predicted molar refractivity (Wildman–Crippen MR) is 80.8 cm³/mol. The lowest BCUT2D eigenvalue weighted by molar-refractivity contribution is 0.452. The van der Waals surface area contributed by atoms with Crippen LogP contribution in [0.5, 0.6) is 11.6 Å². The Morgan fingerprint density at radius 1 is 1.40 bits per heavy atom. The molecule has 0 unspecified atom stereocenters. The van der Waals surface area contributed by atoms with Gasteiger partial charge >= 0.3 is 0 Å². The van der Waals surface area contributed by atoms with Crippen LogP contribution in [0.1, 0.15) is 12.5 Å². The highest BCUT2D eigenvalue weighted by Crippen LogP contribution is 2.31. The van der Waals surface area contributed by atoms with Gasteiger partial charge in [0.1, 0.15) is 11.6 Å². The minimum atomic E-state index is -0.404. The van der Waals surface area contributed by atoms with E-state index >= 15 is 0 Å². The second-order valence-electron chi connectivity index (χ2n) is 4.07. The lowest BCUT2D eigenvalue weighted by Gasteiger charge is -2.11. The highest BCUT2D eigenvalue weighted by atomic mass is 79.9. The quantitative estimate of drug-likeness (QED) is 0.851. The van der Waals surface area contributed by atoms with Gasteiger partial charge in [-0.2, -0.15) is 0 Å². The van der Waals surface area contributed by atoms with E-state index in [0.29, 0.717) is 18.2 Å². The van der Waals surface area contributed by atoms with Crippen molar-refractivity contribution in [2.75, 3.05) is 6.54 Å². The zero-order chi connectivity index (χ0) is 14.5. The van der Waals surface area contributed by atoms with Crippen LogP contribution in [0.4, 0.5) is 4.39 Å². The van der Waals surface area contributed by atoms with E-state index in [1.54, 1.807) is 6.20 Å². The maximum absolute atomic E-state index is 13.0. The van der Waals surface area contributed by atoms with Crippen LogP contribution in [0.25, 0.3) is 0 Å². The molecule has 1 aromatic heterocycles. The van der Waals surface area contributed by atoms with Gasteiger partial charge in [0.15, 0.2) is 0 Å². The number of rotatable bonds is 5. The van der Waals surface area contributed by atoms with E-state index < -0.39 is 5.82 Å². The Labute approximate surface area is 130 Å². The van der Waals surface area contributed by atoms with Gasteiger partial charge in [0.05, 0.1) is 5.02 Å². The summed E-state index contributed by atoms with van der Waals surface area (Å²) in [6.07, 6.45) is 1.64. The largest absolute Gasteiger partial charge is 0.437 e.